The molecule has 0 unspecified atom stereocenters. The van der Waals surface area contributed by atoms with Crippen molar-refractivity contribution in [2.45, 2.75) is 20.3 Å². The van der Waals surface area contributed by atoms with Crippen LogP contribution in [0.5, 0.6) is 0 Å². The average Bonchev–Trinajstić information content (AvgIpc) is 2.71. The van der Waals surface area contributed by atoms with Crippen LogP contribution in [0.4, 0.5) is 25.8 Å². The van der Waals surface area contributed by atoms with Gasteiger partial charge in [-0.1, -0.05) is 18.5 Å². The van der Waals surface area contributed by atoms with Crippen molar-refractivity contribution >= 4 is 34.6 Å². The van der Waals surface area contributed by atoms with Crippen molar-refractivity contribution in [3.05, 3.63) is 82.1 Å². The molecule has 0 bridgehead atoms. The Balaban J connectivity index is 1.94. The first-order valence-electron chi connectivity index (χ1n) is 9.18. The van der Waals surface area contributed by atoms with Gasteiger partial charge in [-0.05, 0) is 60.9 Å². The van der Waals surface area contributed by atoms with Crippen molar-refractivity contribution in [1.29, 1.82) is 0 Å². The summed E-state index contributed by atoms with van der Waals surface area (Å²) in [5.41, 5.74) is 3.67. The fourth-order valence-electron chi connectivity index (χ4n) is 3.62. The van der Waals surface area contributed by atoms with E-state index < -0.39 is 5.82 Å². The van der Waals surface area contributed by atoms with E-state index in [4.69, 9.17) is 11.6 Å². The summed E-state index contributed by atoms with van der Waals surface area (Å²) in [4.78, 5) is 20.7. The largest absolute Gasteiger partial charge is 0.322 e. The van der Waals surface area contributed by atoms with Crippen molar-refractivity contribution < 1.29 is 13.6 Å². The van der Waals surface area contributed by atoms with Gasteiger partial charge < -0.3 is 4.90 Å². The lowest BCUT2D eigenvalue weighted by Crippen LogP contribution is -2.45. The smallest absolute Gasteiger partial charge is 0.261 e. The zero-order valence-electron chi connectivity index (χ0n) is 15.9. The van der Waals surface area contributed by atoms with E-state index in [0.717, 1.165) is 11.1 Å². The molecule has 3 aromatic rings. The van der Waals surface area contributed by atoms with Crippen molar-refractivity contribution in [1.82, 2.24) is 4.98 Å². The predicted octanol–water partition coefficient (Wildman–Crippen LogP) is 5.64. The van der Waals surface area contributed by atoms with Crippen LogP contribution in [-0.2, 0) is 6.42 Å². The molecule has 1 aliphatic heterocycles. The maximum absolute atomic E-state index is 14.3. The van der Waals surface area contributed by atoms with Gasteiger partial charge in [0.15, 0.2) is 0 Å². The fraction of sp³-hybridized carbons (Fsp3) is 0.182. The second-order valence-corrected chi connectivity index (χ2v) is 7.28. The Hall–Kier alpha value is -2.99. The summed E-state index contributed by atoms with van der Waals surface area (Å²) in [6, 6.07) is 8.83. The number of carbonyl (C=O) groups excluding carboxylic acids is 1. The summed E-state index contributed by atoms with van der Waals surface area (Å²) in [6.45, 7) is 3.93. The van der Waals surface area contributed by atoms with Gasteiger partial charge in [0.2, 0.25) is 0 Å². The standard InChI is InChI=1S/C22H18ClF2N3O/c1-3-14-8-15(24)4-5-20(14)27-12-28(19-6-7-26-11-13(19)2)22(29)16-9-17(23)18(25)10-21(16)27/h4-11H,3,12H2,1-2H3. The number of nitrogens with zero attached hydrogens (tertiary/aromatic N) is 3. The van der Waals surface area contributed by atoms with E-state index in [1.54, 1.807) is 29.4 Å². The summed E-state index contributed by atoms with van der Waals surface area (Å²) in [6.07, 6.45) is 3.87. The Morgan fingerprint density at radius 2 is 1.86 bits per heavy atom. The minimum absolute atomic E-state index is 0.125. The maximum atomic E-state index is 14.3. The summed E-state index contributed by atoms with van der Waals surface area (Å²) >= 11 is 5.99. The molecule has 0 radical (unpaired) electrons. The van der Waals surface area contributed by atoms with E-state index in [9.17, 15) is 13.6 Å². The van der Waals surface area contributed by atoms with Crippen LogP contribution >= 0.6 is 11.6 Å². The normalized spacial score (nSPS) is 13.6. The molecular formula is C22H18ClF2N3O. The third-order valence-electron chi connectivity index (χ3n) is 5.08. The van der Waals surface area contributed by atoms with Crippen LogP contribution < -0.4 is 9.80 Å². The first-order chi connectivity index (χ1) is 13.9. The Morgan fingerprint density at radius 1 is 1.07 bits per heavy atom. The first-order valence-corrected chi connectivity index (χ1v) is 9.56. The average molecular weight is 414 g/mol. The van der Waals surface area contributed by atoms with E-state index in [2.05, 4.69) is 4.98 Å². The van der Waals surface area contributed by atoms with Gasteiger partial charge in [0.1, 0.15) is 18.3 Å². The van der Waals surface area contributed by atoms with Crippen LogP contribution in [0.1, 0.15) is 28.4 Å². The van der Waals surface area contributed by atoms with Gasteiger partial charge in [-0.3, -0.25) is 14.7 Å². The summed E-state index contributed by atoms with van der Waals surface area (Å²) in [5, 5.41) is -0.125. The SMILES string of the molecule is CCc1cc(F)ccc1N1CN(c2ccncc2C)C(=O)c2cc(Cl)c(F)cc21. The number of rotatable bonds is 3. The lowest BCUT2D eigenvalue weighted by molar-refractivity contribution is 0.0983. The summed E-state index contributed by atoms with van der Waals surface area (Å²) in [5.74, 6) is -1.24. The lowest BCUT2D eigenvalue weighted by Gasteiger charge is -2.39. The minimum atomic E-state index is -0.614. The van der Waals surface area contributed by atoms with Gasteiger partial charge in [-0.2, -0.15) is 0 Å². The third kappa shape index (κ3) is 3.34. The molecule has 0 spiro atoms. The highest BCUT2D eigenvalue weighted by atomic mass is 35.5. The van der Waals surface area contributed by atoms with E-state index in [0.29, 0.717) is 23.5 Å². The molecule has 0 saturated carbocycles. The number of anilines is 3. The van der Waals surface area contributed by atoms with Crippen LogP contribution in [0.25, 0.3) is 0 Å². The lowest BCUT2D eigenvalue weighted by atomic mass is 10.0. The van der Waals surface area contributed by atoms with Gasteiger partial charge in [-0.15, -0.1) is 0 Å². The molecule has 1 aliphatic rings. The van der Waals surface area contributed by atoms with Gasteiger partial charge in [0, 0.05) is 18.1 Å². The molecular weight excluding hydrogens is 396 g/mol. The predicted molar refractivity (Wildman–Crippen MR) is 110 cm³/mol. The zero-order chi connectivity index (χ0) is 20.7. The number of carbonyl (C=O) groups is 1. The Bertz CT molecular complexity index is 1120. The molecule has 29 heavy (non-hydrogen) atoms. The van der Waals surface area contributed by atoms with Gasteiger partial charge >= 0.3 is 0 Å². The van der Waals surface area contributed by atoms with Gasteiger partial charge in [0.25, 0.3) is 5.91 Å². The molecule has 4 rings (SSSR count). The number of hydrogen-bond donors (Lipinski definition) is 0. The molecule has 0 atom stereocenters. The van der Waals surface area contributed by atoms with Crippen molar-refractivity contribution in [2.24, 2.45) is 0 Å². The minimum Gasteiger partial charge on any atom is -0.322 e. The number of halogens is 3. The number of amides is 1. The van der Waals surface area contributed by atoms with E-state index in [-0.39, 0.29) is 29.0 Å². The van der Waals surface area contributed by atoms with E-state index in [1.165, 1.54) is 24.3 Å². The topological polar surface area (TPSA) is 36.4 Å². The number of aromatic nitrogens is 1. The van der Waals surface area contributed by atoms with Gasteiger partial charge in [0.05, 0.1) is 22.0 Å². The molecule has 2 aromatic carbocycles. The molecule has 148 valence electrons. The van der Waals surface area contributed by atoms with Crippen LogP contribution in [-0.4, -0.2) is 17.6 Å². The first kappa shape index (κ1) is 19.3. The number of pyridine rings is 1. The second-order valence-electron chi connectivity index (χ2n) is 6.87. The van der Waals surface area contributed by atoms with E-state index in [1.807, 2.05) is 18.7 Å². The van der Waals surface area contributed by atoms with Crippen molar-refractivity contribution in [3.8, 4) is 0 Å². The molecule has 2 heterocycles. The van der Waals surface area contributed by atoms with Crippen LogP contribution in [0.2, 0.25) is 5.02 Å². The van der Waals surface area contributed by atoms with Gasteiger partial charge in [-0.25, -0.2) is 8.78 Å². The van der Waals surface area contributed by atoms with Crippen molar-refractivity contribution in [3.63, 3.8) is 0 Å². The number of aryl methyl sites for hydroxylation is 2. The number of benzene rings is 2. The fourth-order valence-corrected chi connectivity index (χ4v) is 3.78. The van der Waals surface area contributed by atoms with E-state index >= 15 is 0 Å². The molecule has 1 amide bonds. The highest BCUT2D eigenvalue weighted by molar-refractivity contribution is 6.31. The molecule has 4 nitrogen and oxygen atoms in total. The quantitative estimate of drug-likeness (QED) is 0.557. The van der Waals surface area contributed by atoms with Crippen LogP contribution in [0.3, 0.4) is 0 Å². The Labute approximate surface area is 172 Å². The third-order valence-corrected chi connectivity index (χ3v) is 5.37. The molecule has 1 aromatic heterocycles. The Kier molecular flexibility index (Phi) is 4.96. The highest BCUT2D eigenvalue weighted by Crippen LogP contribution is 2.40. The molecule has 0 fully saturated rings. The zero-order valence-corrected chi connectivity index (χ0v) is 16.7. The molecule has 0 saturated heterocycles. The molecule has 0 N–H and O–H groups in total. The van der Waals surface area contributed by atoms with Crippen molar-refractivity contribution in [2.75, 3.05) is 16.5 Å². The number of hydrogen-bond acceptors (Lipinski definition) is 3. The van der Waals surface area contributed by atoms with Crippen LogP contribution in [0, 0.1) is 18.6 Å². The second kappa shape index (κ2) is 7.44. The Morgan fingerprint density at radius 3 is 2.59 bits per heavy atom. The highest BCUT2D eigenvalue weighted by Gasteiger charge is 2.33. The molecule has 7 heteroatoms. The summed E-state index contributed by atoms with van der Waals surface area (Å²) in [7, 11) is 0. The summed E-state index contributed by atoms with van der Waals surface area (Å²) < 4.78 is 28.1. The number of fused-ring (bicyclic) bond motifs is 1. The molecule has 0 aliphatic carbocycles. The monoisotopic (exact) mass is 413 g/mol. The van der Waals surface area contributed by atoms with Crippen LogP contribution in [0.15, 0.2) is 48.8 Å². The maximum Gasteiger partial charge on any atom is 0.261 e.